The van der Waals surface area contributed by atoms with Gasteiger partial charge in [-0.2, -0.15) is 0 Å². The van der Waals surface area contributed by atoms with E-state index in [2.05, 4.69) is 6.20 Å². The van der Waals surface area contributed by atoms with Crippen molar-refractivity contribution in [3.63, 3.8) is 0 Å². The number of allylic oxidation sites excluding steroid dienone is 2. The van der Waals surface area contributed by atoms with Gasteiger partial charge in [0, 0.05) is 35.6 Å². The fraction of sp³-hybridized carbons (Fsp3) is 0.619. The van der Waals surface area contributed by atoms with E-state index in [0.29, 0.717) is 5.92 Å². The summed E-state index contributed by atoms with van der Waals surface area (Å²) < 4.78 is 1.37. The Morgan fingerprint density at radius 3 is 2.12 bits per heavy atom. The Hall–Kier alpha value is -0.445. The molecule has 0 N–H and O–H groups in total. The maximum Gasteiger partial charge on any atom is 0.167 e. The van der Waals surface area contributed by atoms with Crippen molar-refractivity contribution in [3.05, 3.63) is 45.4 Å². The zero-order valence-corrected chi connectivity index (χ0v) is 20.7. The third-order valence-electron chi connectivity index (χ3n) is 4.21. The molecule has 0 bridgehead atoms. The minimum absolute atomic E-state index is 0. The maximum absolute atomic E-state index is 12.3. The van der Waals surface area contributed by atoms with Gasteiger partial charge in [0.15, 0.2) is 5.78 Å². The van der Waals surface area contributed by atoms with Crippen molar-refractivity contribution in [2.75, 3.05) is 0 Å². The van der Waals surface area contributed by atoms with Crippen LogP contribution in [0.5, 0.6) is 0 Å². The summed E-state index contributed by atoms with van der Waals surface area (Å²) in [7, 11) is 1.64. The van der Waals surface area contributed by atoms with Crippen LogP contribution in [-0.4, -0.2) is 10.4 Å². The van der Waals surface area contributed by atoms with E-state index < -0.39 is 0 Å². The summed E-state index contributed by atoms with van der Waals surface area (Å²) in [5.41, 5.74) is 1.62. The van der Waals surface area contributed by atoms with E-state index in [1.54, 1.807) is 13.1 Å². The molecule has 3 nitrogen and oxygen atoms in total. The molecule has 0 saturated heterocycles. The fourth-order valence-electron chi connectivity index (χ4n) is 2.83. The number of aryl methyl sites for hydroxylation is 2. The molecule has 1 aromatic heterocycles. The predicted molar refractivity (Wildman–Crippen MR) is 103 cm³/mol. The molecule has 1 aromatic rings. The molecule has 4 heteroatoms. The second-order valence-corrected chi connectivity index (χ2v) is 5.72. The number of rotatable bonds is 3. The molecular weight excluding hydrogens is 437 g/mol. The van der Waals surface area contributed by atoms with Gasteiger partial charge in [-0.05, 0) is 37.4 Å². The first-order valence-corrected chi connectivity index (χ1v) is 9.32. The Bertz CT molecular complexity index is 597. The summed E-state index contributed by atoms with van der Waals surface area (Å²) in [4.78, 5) is 24.4. The van der Waals surface area contributed by atoms with Crippen LogP contribution in [0.1, 0.15) is 81.3 Å². The van der Waals surface area contributed by atoms with Gasteiger partial charge in [0.2, 0.25) is 0 Å². The summed E-state index contributed by atoms with van der Waals surface area (Å²) in [5, 5.41) is 0. The molecule has 2 rings (SSSR count). The molecule has 0 aliphatic heterocycles. The van der Waals surface area contributed by atoms with Crippen molar-refractivity contribution >= 4 is 5.78 Å². The van der Waals surface area contributed by atoms with Gasteiger partial charge in [0.25, 0.3) is 0 Å². The zero-order chi connectivity index (χ0) is 18.7. The Balaban J connectivity index is 0. The summed E-state index contributed by atoms with van der Waals surface area (Å²) >= 11 is 0. The van der Waals surface area contributed by atoms with E-state index in [4.69, 9.17) is 0 Å². The van der Waals surface area contributed by atoms with Gasteiger partial charge < -0.3 is 9.36 Å². The van der Waals surface area contributed by atoms with E-state index in [1.807, 2.05) is 47.6 Å². The molecule has 1 radical (unpaired) electrons. The van der Waals surface area contributed by atoms with Crippen LogP contribution >= 0.6 is 0 Å². The smallest absolute Gasteiger partial charge is 0.167 e. The molecule has 1 saturated carbocycles. The van der Waals surface area contributed by atoms with E-state index in [0.717, 1.165) is 24.0 Å². The molecule has 0 amide bonds. The maximum atomic E-state index is 12.3. The van der Waals surface area contributed by atoms with E-state index >= 15 is 0 Å². The van der Waals surface area contributed by atoms with Crippen molar-refractivity contribution < 1.29 is 40.4 Å². The Kier molecular flexibility index (Phi) is 15.7. The molecule has 1 aliphatic carbocycles. The summed E-state index contributed by atoms with van der Waals surface area (Å²) in [5.74, 6) is 0.319. The Morgan fingerprint density at radius 2 is 1.60 bits per heavy atom. The van der Waals surface area contributed by atoms with Gasteiger partial charge in [-0.3, -0.25) is 4.79 Å². The van der Waals surface area contributed by atoms with Gasteiger partial charge in [0.05, 0.1) is 0 Å². The van der Waals surface area contributed by atoms with Crippen LogP contribution in [-0.2, 0) is 7.05 Å². The Morgan fingerprint density at radius 1 is 1.08 bits per heavy atom. The number of pyridine rings is 1. The monoisotopic (exact) mass is 471 g/mol. The van der Waals surface area contributed by atoms with Crippen LogP contribution in [0.15, 0.2) is 16.9 Å². The van der Waals surface area contributed by atoms with Crippen molar-refractivity contribution in [3.8, 4) is 0 Å². The third-order valence-corrected chi connectivity index (χ3v) is 4.21. The number of carbonyl (C=O) groups is 1. The van der Waals surface area contributed by atoms with E-state index in [1.165, 1.54) is 23.8 Å². The molecule has 0 spiro atoms. The molecule has 1 aliphatic rings. The van der Waals surface area contributed by atoms with Crippen molar-refractivity contribution in [2.24, 2.45) is 13.0 Å². The summed E-state index contributed by atoms with van der Waals surface area (Å²) in [6.07, 6.45) is 12.6. The van der Waals surface area contributed by atoms with Crippen LogP contribution in [0.3, 0.4) is 0 Å². The first-order chi connectivity index (χ1) is 11.5. The van der Waals surface area contributed by atoms with Gasteiger partial charge in [0.1, 0.15) is 5.56 Å². The molecule has 25 heavy (non-hydrogen) atoms. The average molecular weight is 471 g/mol. The number of carbonyl (C=O) groups excluding carboxylic acids is 1. The minimum atomic E-state index is -0.258. The Labute approximate surface area is 181 Å². The van der Waals surface area contributed by atoms with Gasteiger partial charge >= 0.3 is 0 Å². The largest absolute Gasteiger partial charge is 0.426 e. The van der Waals surface area contributed by atoms with Gasteiger partial charge in [-0.15, -0.1) is 11.1 Å². The molecule has 0 atom stereocenters. The zero-order valence-electron chi connectivity index (χ0n) is 17.1. The predicted octanol–water partition coefficient (Wildman–Crippen LogP) is 5.17. The normalized spacial score (nSPS) is 13.9. The molecular formula is C21H34LaNO2-. The summed E-state index contributed by atoms with van der Waals surface area (Å²) in [6, 6.07) is 0. The number of nitrogens with zero attached hydrogens (tertiary/aromatic N) is 1. The number of hydrogen-bond donors (Lipinski definition) is 0. The first-order valence-electron chi connectivity index (χ1n) is 9.32. The second kappa shape index (κ2) is 14.7. The molecule has 1 heterocycles. The van der Waals surface area contributed by atoms with Crippen LogP contribution in [0.25, 0.3) is 0 Å². The molecule has 0 unspecified atom stereocenters. The van der Waals surface area contributed by atoms with Crippen molar-refractivity contribution in [1.29, 1.82) is 0 Å². The van der Waals surface area contributed by atoms with E-state index in [-0.39, 0.29) is 52.5 Å². The van der Waals surface area contributed by atoms with Gasteiger partial charge in [-0.1, -0.05) is 73.1 Å². The topological polar surface area (TPSA) is 39.1 Å². The van der Waals surface area contributed by atoms with Crippen LogP contribution in [0.4, 0.5) is 0 Å². The number of ketones is 1. The summed E-state index contributed by atoms with van der Waals surface area (Å²) in [6.45, 7) is 11.7. The standard InChI is InChI=1S/C17H22NO2.2C2H6.La/c1-12-11-18(3)17(20)16(13(12)2)15(19)10-9-14-7-5-4-6-8-14;2*1-2;/h9-10,14H,4-8H2,1-3H3;2*1-2H3;/q-1;;;/b10-9+;;;. The number of hydrogen-bond acceptors (Lipinski definition) is 2. The molecule has 139 valence electrons. The molecule has 1 fully saturated rings. The third kappa shape index (κ3) is 8.19. The average Bonchev–Trinajstić information content (AvgIpc) is 2.63. The van der Waals surface area contributed by atoms with Crippen LogP contribution < -0.4 is 5.56 Å². The van der Waals surface area contributed by atoms with Crippen LogP contribution in [0.2, 0.25) is 0 Å². The fourth-order valence-corrected chi connectivity index (χ4v) is 2.83. The SMILES string of the molecule is CC.CC.Cc1[c-]n(C)c(=O)c(C(=O)/C=C/C2CCCCC2)c1C.[La]. The number of aromatic nitrogens is 1. The van der Waals surface area contributed by atoms with Gasteiger partial charge in [-0.25, -0.2) is 0 Å². The second-order valence-electron chi connectivity index (χ2n) is 5.72. The van der Waals surface area contributed by atoms with Crippen molar-refractivity contribution in [1.82, 2.24) is 4.57 Å². The minimum Gasteiger partial charge on any atom is -0.426 e. The van der Waals surface area contributed by atoms with Crippen molar-refractivity contribution in [2.45, 2.75) is 73.6 Å². The quantitative estimate of drug-likeness (QED) is 0.347. The first kappa shape index (κ1) is 26.8. The molecule has 0 aromatic carbocycles. The van der Waals surface area contributed by atoms with Crippen LogP contribution in [0, 0.1) is 61.6 Å². The van der Waals surface area contributed by atoms with E-state index in [9.17, 15) is 9.59 Å².